The Kier molecular flexibility index (Phi) is 3.69. The minimum Gasteiger partial charge on any atom is -0.467 e. The Hall–Kier alpha value is -2.97. The molecular weight excluding hydrogens is 288 g/mol. The van der Waals surface area contributed by atoms with E-state index in [1.54, 1.807) is 12.1 Å². The number of furan rings is 1. The lowest BCUT2D eigenvalue weighted by Gasteiger charge is -2.05. The quantitative estimate of drug-likeness (QED) is 0.706. The van der Waals surface area contributed by atoms with E-state index in [4.69, 9.17) is 4.42 Å². The van der Waals surface area contributed by atoms with E-state index in [0.717, 1.165) is 0 Å². The average molecular weight is 302 g/mol. The zero-order chi connectivity index (χ0) is 15.5. The molecule has 0 aliphatic heterocycles. The SMILES string of the molecule is CCn1nnc2c(=O)n(CC(=O)NCc3ccco3)cnc21. The lowest BCUT2D eigenvalue weighted by atomic mass is 10.4. The molecular formula is C13H14N6O3. The third-order valence-corrected chi connectivity index (χ3v) is 3.15. The topological polar surface area (TPSA) is 108 Å². The number of rotatable bonds is 5. The van der Waals surface area contributed by atoms with E-state index in [0.29, 0.717) is 18.0 Å². The molecule has 0 unspecified atom stereocenters. The van der Waals surface area contributed by atoms with Crippen LogP contribution < -0.4 is 10.9 Å². The van der Waals surface area contributed by atoms with Crippen molar-refractivity contribution in [2.75, 3.05) is 0 Å². The summed E-state index contributed by atoms with van der Waals surface area (Å²) in [5.74, 6) is 0.322. The molecule has 9 nitrogen and oxygen atoms in total. The molecule has 0 saturated heterocycles. The molecule has 3 aromatic rings. The van der Waals surface area contributed by atoms with Crippen LogP contribution in [0.25, 0.3) is 11.2 Å². The van der Waals surface area contributed by atoms with Crippen molar-refractivity contribution >= 4 is 17.1 Å². The van der Waals surface area contributed by atoms with Crippen molar-refractivity contribution in [3.8, 4) is 0 Å². The molecule has 114 valence electrons. The summed E-state index contributed by atoms with van der Waals surface area (Å²) in [4.78, 5) is 28.2. The van der Waals surface area contributed by atoms with Crippen LogP contribution in [0.1, 0.15) is 12.7 Å². The Morgan fingerprint density at radius 1 is 1.45 bits per heavy atom. The summed E-state index contributed by atoms with van der Waals surface area (Å²) in [7, 11) is 0. The van der Waals surface area contributed by atoms with E-state index >= 15 is 0 Å². The molecule has 0 saturated carbocycles. The molecule has 3 heterocycles. The van der Waals surface area contributed by atoms with Gasteiger partial charge in [-0.05, 0) is 19.1 Å². The minimum absolute atomic E-state index is 0.137. The first-order valence-electron chi connectivity index (χ1n) is 6.76. The van der Waals surface area contributed by atoms with E-state index in [1.165, 1.54) is 21.8 Å². The smallest absolute Gasteiger partial charge is 0.283 e. The van der Waals surface area contributed by atoms with E-state index in [9.17, 15) is 9.59 Å². The monoisotopic (exact) mass is 302 g/mol. The van der Waals surface area contributed by atoms with Gasteiger partial charge < -0.3 is 9.73 Å². The normalized spacial score (nSPS) is 11.0. The van der Waals surface area contributed by atoms with Crippen molar-refractivity contribution in [3.63, 3.8) is 0 Å². The minimum atomic E-state index is -0.391. The van der Waals surface area contributed by atoms with Crippen LogP contribution in [0.3, 0.4) is 0 Å². The van der Waals surface area contributed by atoms with Gasteiger partial charge in [-0.15, -0.1) is 5.10 Å². The summed E-state index contributed by atoms with van der Waals surface area (Å²) in [6.07, 6.45) is 2.85. The molecule has 22 heavy (non-hydrogen) atoms. The molecule has 0 aliphatic carbocycles. The first kappa shape index (κ1) is 14.0. The number of aromatic nitrogens is 5. The highest BCUT2D eigenvalue weighted by Crippen LogP contribution is 2.02. The summed E-state index contributed by atoms with van der Waals surface area (Å²) >= 11 is 0. The fraction of sp³-hybridized carbons (Fsp3) is 0.308. The van der Waals surface area contributed by atoms with E-state index in [2.05, 4.69) is 20.6 Å². The van der Waals surface area contributed by atoms with Crippen LogP contribution in [0.15, 0.2) is 33.9 Å². The number of amides is 1. The lowest BCUT2D eigenvalue weighted by molar-refractivity contribution is -0.122. The van der Waals surface area contributed by atoms with Gasteiger partial charge in [-0.3, -0.25) is 14.2 Å². The number of nitrogens with zero attached hydrogens (tertiary/aromatic N) is 5. The summed E-state index contributed by atoms with van der Waals surface area (Å²) in [6, 6.07) is 3.49. The van der Waals surface area contributed by atoms with Crippen molar-refractivity contribution in [2.24, 2.45) is 0 Å². The Bertz CT molecular complexity index is 848. The van der Waals surface area contributed by atoms with Gasteiger partial charge in [-0.1, -0.05) is 5.21 Å². The number of carbonyl (C=O) groups excluding carboxylic acids is 1. The first-order chi connectivity index (χ1) is 10.7. The van der Waals surface area contributed by atoms with Crippen LogP contribution in [0, 0.1) is 0 Å². The average Bonchev–Trinajstić information content (AvgIpc) is 3.17. The number of hydrogen-bond acceptors (Lipinski definition) is 6. The summed E-state index contributed by atoms with van der Waals surface area (Å²) < 4.78 is 7.84. The molecule has 9 heteroatoms. The molecule has 0 aliphatic rings. The van der Waals surface area contributed by atoms with E-state index in [1.807, 2.05) is 6.92 Å². The van der Waals surface area contributed by atoms with E-state index in [-0.39, 0.29) is 24.5 Å². The van der Waals surface area contributed by atoms with Crippen LogP contribution in [-0.2, 0) is 24.4 Å². The standard InChI is InChI=1S/C13H14N6O3/c1-2-19-12-11(16-17-19)13(21)18(8-15-12)7-10(20)14-6-9-4-3-5-22-9/h3-5,8H,2,6-7H2,1H3,(H,14,20). The maximum absolute atomic E-state index is 12.2. The Balaban J connectivity index is 1.74. The summed E-state index contributed by atoms with van der Waals surface area (Å²) in [5.41, 5.74) is 0.181. The van der Waals surface area contributed by atoms with Gasteiger partial charge in [-0.25, -0.2) is 9.67 Å². The number of fused-ring (bicyclic) bond motifs is 1. The number of hydrogen-bond donors (Lipinski definition) is 1. The Morgan fingerprint density at radius 2 is 2.32 bits per heavy atom. The highest BCUT2D eigenvalue weighted by atomic mass is 16.3. The van der Waals surface area contributed by atoms with Gasteiger partial charge in [0.05, 0.1) is 12.8 Å². The number of carbonyl (C=O) groups is 1. The zero-order valence-corrected chi connectivity index (χ0v) is 11.9. The van der Waals surface area contributed by atoms with Crippen LogP contribution in [-0.4, -0.2) is 30.5 Å². The highest BCUT2D eigenvalue weighted by Gasteiger charge is 2.13. The van der Waals surface area contributed by atoms with Crippen LogP contribution in [0.5, 0.6) is 0 Å². The van der Waals surface area contributed by atoms with E-state index < -0.39 is 5.56 Å². The van der Waals surface area contributed by atoms with Gasteiger partial charge in [0, 0.05) is 6.54 Å². The molecule has 0 aromatic carbocycles. The van der Waals surface area contributed by atoms with Crippen molar-refractivity contribution in [2.45, 2.75) is 26.6 Å². The van der Waals surface area contributed by atoms with Crippen LogP contribution in [0.4, 0.5) is 0 Å². The number of nitrogens with one attached hydrogen (secondary N) is 1. The third kappa shape index (κ3) is 2.60. The van der Waals surface area contributed by atoms with Crippen molar-refractivity contribution in [3.05, 3.63) is 40.8 Å². The van der Waals surface area contributed by atoms with Gasteiger partial charge in [-0.2, -0.15) is 0 Å². The third-order valence-electron chi connectivity index (χ3n) is 3.15. The second-order valence-electron chi connectivity index (χ2n) is 4.61. The lowest BCUT2D eigenvalue weighted by Crippen LogP contribution is -2.32. The molecule has 1 N–H and O–H groups in total. The maximum Gasteiger partial charge on any atom is 0.283 e. The van der Waals surface area contributed by atoms with Crippen LogP contribution >= 0.6 is 0 Å². The Morgan fingerprint density at radius 3 is 3.05 bits per heavy atom. The van der Waals surface area contributed by atoms with Gasteiger partial charge in [0.1, 0.15) is 18.6 Å². The molecule has 0 fully saturated rings. The largest absolute Gasteiger partial charge is 0.467 e. The van der Waals surface area contributed by atoms with Gasteiger partial charge in [0.2, 0.25) is 5.91 Å². The fourth-order valence-corrected chi connectivity index (χ4v) is 2.02. The summed E-state index contributed by atoms with van der Waals surface area (Å²) in [6.45, 7) is 2.57. The predicted molar refractivity (Wildman–Crippen MR) is 75.8 cm³/mol. The van der Waals surface area contributed by atoms with Gasteiger partial charge in [0.25, 0.3) is 5.56 Å². The Labute approximate surface area is 124 Å². The maximum atomic E-state index is 12.2. The second-order valence-corrected chi connectivity index (χ2v) is 4.61. The zero-order valence-electron chi connectivity index (χ0n) is 11.9. The highest BCUT2D eigenvalue weighted by molar-refractivity contribution is 5.76. The van der Waals surface area contributed by atoms with Crippen molar-refractivity contribution < 1.29 is 9.21 Å². The molecule has 0 atom stereocenters. The molecule has 3 aromatic heterocycles. The first-order valence-corrected chi connectivity index (χ1v) is 6.76. The van der Waals surface area contributed by atoms with Crippen molar-refractivity contribution in [1.29, 1.82) is 0 Å². The molecule has 0 radical (unpaired) electrons. The second kappa shape index (κ2) is 5.80. The fourth-order valence-electron chi connectivity index (χ4n) is 2.02. The van der Waals surface area contributed by atoms with Crippen molar-refractivity contribution in [1.82, 2.24) is 29.9 Å². The summed E-state index contributed by atoms with van der Waals surface area (Å²) in [5, 5.41) is 10.3. The molecule has 1 amide bonds. The molecule has 0 spiro atoms. The van der Waals surface area contributed by atoms with Gasteiger partial charge >= 0.3 is 0 Å². The van der Waals surface area contributed by atoms with Gasteiger partial charge in [0.15, 0.2) is 11.2 Å². The molecule has 3 rings (SSSR count). The van der Waals surface area contributed by atoms with Crippen LogP contribution in [0.2, 0.25) is 0 Å². The number of aryl methyl sites for hydroxylation is 1. The molecule has 0 bridgehead atoms. The predicted octanol–water partition coefficient (Wildman–Crippen LogP) is -0.0827.